The van der Waals surface area contributed by atoms with Crippen molar-refractivity contribution in [2.24, 2.45) is 7.05 Å². The summed E-state index contributed by atoms with van der Waals surface area (Å²) in [6.07, 6.45) is 3.49. The average Bonchev–Trinajstić information content (AvgIpc) is 3.27. The van der Waals surface area contributed by atoms with Crippen LogP contribution in [0.25, 0.3) is 22.3 Å². The van der Waals surface area contributed by atoms with Gasteiger partial charge in [0.25, 0.3) is 5.91 Å². The Morgan fingerprint density at radius 2 is 1.96 bits per heavy atom. The number of aromatic nitrogens is 5. The molecular formula is C21H22N6O. The molecule has 4 rings (SSSR count). The number of aryl methyl sites for hydroxylation is 2. The highest BCUT2D eigenvalue weighted by Gasteiger charge is 2.19. The normalized spacial score (nSPS) is 11.3. The predicted molar refractivity (Wildman–Crippen MR) is 109 cm³/mol. The van der Waals surface area contributed by atoms with E-state index in [9.17, 15) is 4.79 Å². The van der Waals surface area contributed by atoms with Crippen molar-refractivity contribution in [3.05, 3.63) is 59.9 Å². The highest BCUT2D eigenvalue weighted by Crippen LogP contribution is 2.28. The van der Waals surface area contributed by atoms with E-state index in [-0.39, 0.29) is 11.9 Å². The third kappa shape index (κ3) is 3.15. The summed E-state index contributed by atoms with van der Waals surface area (Å²) < 4.78 is 3.49. The first-order valence-electron chi connectivity index (χ1n) is 9.19. The first-order chi connectivity index (χ1) is 13.4. The molecule has 0 fully saturated rings. The minimum absolute atomic E-state index is 0.129. The topological polar surface area (TPSA) is 77.6 Å². The van der Waals surface area contributed by atoms with Gasteiger partial charge in [0.2, 0.25) is 0 Å². The second-order valence-electron chi connectivity index (χ2n) is 7.12. The molecule has 0 aliphatic rings. The molecule has 7 nitrogen and oxygen atoms in total. The van der Waals surface area contributed by atoms with Gasteiger partial charge in [-0.15, -0.1) is 0 Å². The van der Waals surface area contributed by atoms with Crippen LogP contribution in [0.5, 0.6) is 0 Å². The van der Waals surface area contributed by atoms with Gasteiger partial charge in [0.15, 0.2) is 11.5 Å². The Bertz CT molecular complexity index is 1170. The quantitative estimate of drug-likeness (QED) is 0.586. The zero-order chi connectivity index (χ0) is 19.8. The number of fused-ring (bicyclic) bond motifs is 1. The highest BCUT2D eigenvalue weighted by atomic mass is 16.1. The maximum Gasteiger partial charge on any atom is 0.257 e. The number of nitrogens with zero attached hydrogens (tertiary/aromatic N) is 5. The number of carbonyl (C=O) groups is 1. The SMILES string of the molecule is Cc1ccccc1-c1cc(C(=O)Nc2ccn(C)n2)c2cnn(C(C)C)c2n1. The Balaban J connectivity index is 1.89. The molecular weight excluding hydrogens is 352 g/mol. The lowest BCUT2D eigenvalue weighted by atomic mass is 10.0. The Labute approximate surface area is 163 Å². The van der Waals surface area contributed by atoms with E-state index in [4.69, 9.17) is 4.98 Å². The smallest absolute Gasteiger partial charge is 0.257 e. The van der Waals surface area contributed by atoms with Crippen molar-refractivity contribution in [2.45, 2.75) is 26.8 Å². The third-order valence-electron chi connectivity index (χ3n) is 4.68. The molecule has 0 aliphatic carbocycles. The van der Waals surface area contributed by atoms with Crippen molar-refractivity contribution in [3.8, 4) is 11.3 Å². The van der Waals surface area contributed by atoms with Gasteiger partial charge in [0.1, 0.15) is 0 Å². The van der Waals surface area contributed by atoms with E-state index in [0.717, 1.165) is 22.2 Å². The molecule has 4 aromatic rings. The lowest BCUT2D eigenvalue weighted by Gasteiger charge is -2.11. The zero-order valence-corrected chi connectivity index (χ0v) is 16.3. The molecule has 0 unspecified atom stereocenters. The van der Waals surface area contributed by atoms with Gasteiger partial charge < -0.3 is 5.32 Å². The highest BCUT2D eigenvalue weighted by molar-refractivity contribution is 6.12. The molecule has 0 spiro atoms. The van der Waals surface area contributed by atoms with Gasteiger partial charge in [-0.05, 0) is 32.4 Å². The summed E-state index contributed by atoms with van der Waals surface area (Å²) in [7, 11) is 1.81. The molecule has 7 heteroatoms. The minimum atomic E-state index is -0.232. The van der Waals surface area contributed by atoms with E-state index in [1.165, 1.54) is 0 Å². The summed E-state index contributed by atoms with van der Waals surface area (Å²) in [4.78, 5) is 17.9. The molecule has 1 amide bonds. The summed E-state index contributed by atoms with van der Waals surface area (Å²) in [5, 5.41) is 12.3. The van der Waals surface area contributed by atoms with Crippen molar-refractivity contribution in [3.63, 3.8) is 0 Å². The Morgan fingerprint density at radius 1 is 1.18 bits per heavy atom. The van der Waals surface area contributed by atoms with Gasteiger partial charge in [-0.2, -0.15) is 10.2 Å². The molecule has 1 aromatic carbocycles. The second-order valence-corrected chi connectivity index (χ2v) is 7.12. The molecule has 0 saturated carbocycles. The fourth-order valence-electron chi connectivity index (χ4n) is 3.25. The summed E-state index contributed by atoms with van der Waals surface area (Å²) in [5.74, 6) is 0.274. The molecule has 0 bridgehead atoms. The van der Waals surface area contributed by atoms with Crippen LogP contribution >= 0.6 is 0 Å². The Kier molecular flexibility index (Phi) is 4.43. The first kappa shape index (κ1) is 17.9. The van der Waals surface area contributed by atoms with Crippen molar-refractivity contribution < 1.29 is 4.79 Å². The number of pyridine rings is 1. The number of carbonyl (C=O) groups excluding carboxylic acids is 1. The monoisotopic (exact) mass is 374 g/mol. The van der Waals surface area contributed by atoms with E-state index in [0.29, 0.717) is 17.0 Å². The summed E-state index contributed by atoms with van der Waals surface area (Å²) in [5.41, 5.74) is 4.07. The van der Waals surface area contributed by atoms with Gasteiger partial charge in [0, 0.05) is 30.9 Å². The fourth-order valence-corrected chi connectivity index (χ4v) is 3.25. The molecule has 3 heterocycles. The summed E-state index contributed by atoms with van der Waals surface area (Å²) in [6.45, 7) is 6.12. The van der Waals surface area contributed by atoms with Crippen LogP contribution in [0.4, 0.5) is 5.82 Å². The number of rotatable bonds is 4. The number of hydrogen-bond acceptors (Lipinski definition) is 4. The first-order valence-corrected chi connectivity index (χ1v) is 9.19. The van der Waals surface area contributed by atoms with Crippen molar-refractivity contribution in [1.82, 2.24) is 24.5 Å². The van der Waals surface area contributed by atoms with Crippen LogP contribution < -0.4 is 5.32 Å². The molecule has 0 radical (unpaired) electrons. The van der Waals surface area contributed by atoms with Crippen molar-refractivity contribution in [2.75, 3.05) is 5.32 Å². The lowest BCUT2D eigenvalue weighted by molar-refractivity contribution is 0.102. The van der Waals surface area contributed by atoms with Crippen LogP contribution in [-0.4, -0.2) is 30.5 Å². The molecule has 142 valence electrons. The van der Waals surface area contributed by atoms with Crippen LogP contribution in [0.2, 0.25) is 0 Å². The van der Waals surface area contributed by atoms with E-state index < -0.39 is 0 Å². The molecule has 28 heavy (non-hydrogen) atoms. The van der Waals surface area contributed by atoms with Crippen LogP contribution in [-0.2, 0) is 7.05 Å². The molecule has 1 N–H and O–H groups in total. The van der Waals surface area contributed by atoms with E-state index in [1.54, 1.807) is 23.1 Å². The number of hydrogen-bond donors (Lipinski definition) is 1. The average molecular weight is 374 g/mol. The Morgan fingerprint density at radius 3 is 2.64 bits per heavy atom. The van der Waals surface area contributed by atoms with Gasteiger partial charge in [-0.1, -0.05) is 24.3 Å². The lowest BCUT2D eigenvalue weighted by Crippen LogP contribution is -2.14. The van der Waals surface area contributed by atoms with Crippen molar-refractivity contribution >= 4 is 22.8 Å². The van der Waals surface area contributed by atoms with Crippen LogP contribution in [0.3, 0.4) is 0 Å². The summed E-state index contributed by atoms with van der Waals surface area (Å²) >= 11 is 0. The van der Waals surface area contributed by atoms with E-state index in [1.807, 2.05) is 62.8 Å². The number of benzene rings is 1. The van der Waals surface area contributed by atoms with Gasteiger partial charge in [-0.3, -0.25) is 9.48 Å². The van der Waals surface area contributed by atoms with E-state index >= 15 is 0 Å². The number of nitrogens with one attached hydrogen (secondary N) is 1. The van der Waals surface area contributed by atoms with Crippen LogP contribution in [0.15, 0.2) is 48.8 Å². The predicted octanol–water partition coefficient (Wildman–Crippen LogP) is 3.97. The Hall–Kier alpha value is -3.48. The largest absolute Gasteiger partial charge is 0.305 e. The van der Waals surface area contributed by atoms with Gasteiger partial charge in [-0.25, -0.2) is 9.67 Å². The summed E-state index contributed by atoms with van der Waals surface area (Å²) in [6, 6.07) is 11.7. The minimum Gasteiger partial charge on any atom is -0.305 e. The van der Waals surface area contributed by atoms with Crippen molar-refractivity contribution in [1.29, 1.82) is 0 Å². The van der Waals surface area contributed by atoms with Crippen LogP contribution in [0.1, 0.15) is 35.8 Å². The number of anilines is 1. The third-order valence-corrected chi connectivity index (χ3v) is 4.68. The van der Waals surface area contributed by atoms with E-state index in [2.05, 4.69) is 15.5 Å². The van der Waals surface area contributed by atoms with Gasteiger partial charge in [0.05, 0.1) is 22.8 Å². The number of amides is 1. The standard InChI is InChI=1S/C21H22N6O/c1-13(2)27-20-17(12-22-27)16(21(28)24-19-9-10-26(4)25-19)11-18(23-20)15-8-6-5-7-14(15)3/h5-13H,1-4H3,(H,24,25,28). The van der Waals surface area contributed by atoms with Gasteiger partial charge >= 0.3 is 0 Å². The maximum absolute atomic E-state index is 13.1. The molecule has 0 aliphatic heterocycles. The molecule has 0 atom stereocenters. The molecule has 3 aromatic heterocycles. The molecule has 0 saturated heterocycles. The second kappa shape index (κ2) is 6.92. The maximum atomic E-state index is 13.1. The van der Waals surface area contributed by atoms with Crippen LogP contribution in [0, 0.1) is 6.92 Å². The fraction of sp³-hybridized carbons (Fsp3) is 0.238. The zero-order valence-electron chi connectivity index (χ0n) is 16.3.